The van der Waals surface area contributed by atoms with Gasteiger partial charge in [0.1, 0.15) is 0 Å². The first-order valence-electron chi connectivity index (χ1n) is 9.53. The zero-order valence-corrected chi connectivity index (χ0v) is 16.1. The van der Waals surface area contributed by atoms with E-state index >= 15 is 0 Å². The highest BCUT2D eigenvalue weighted by Crippen LogP contribution is 2.35. The van der Waals surface area contributed by atoms with E-state index in [1.165, 1.54) is 18.0 Å². The lowest BCUT2D eigenvalue weighted by Crippen LogP contribution is -2.47. The van der Waals surface area contributed by atoms with Crippen molar-refractivity contribution >= 4 is 11.9 Å². The molecule has 1 aromatic carbocycles. The standard InChI is InChI=1S/C20H24N4O4/c1-3-26-19(25)16-11-21-20(22-12-16)24-8-6-23(7-9-24)14(2)15-4-5-17-18(10-15)28-13-27-17/h4-5,10-12,14H,3,6-9,13H2,1-2H3. The Bertz CT molecular complexity index is 835. The number of hydrogen-bond donors (Lipinski definition) is 0. The van der Waals surface area contributed by atoms with E-state index in [1.807, 2.05) is 6.07 Å². The number of nitrogens with zero attached hydrogens (tertiary/aromatic N) is 4. The van der Waals surface area contributed by atoms with Crippen LogP contribution in [0.2, 0.25) is 0 Å². The minimum atomic E-state index is -0.392. The number of carbonyl (C=O) groups excluding carboxylic acids is 1. The lowest BCUT2D eigenvalue weighted by molar-refractivity contribution is 0.0525. The van der Waals surface area contributed by atoms with Crippen molar-refractivity contribution in [2.45, 2.75) is 19.9 Å². The molecule has 0 amide bonds. The highest BCUT2D eigenvalue weighted by Gasteiger charge is 2.25. The number of aromatic nitrogens is 2. The molecule has 1 fully saturated rings. The van der Waals surface area contributed by atoms with Crippen LogP contribution in [0.5, 0.6) is 11.5 Å². The highest BCUT2D eigenvalue weighted by molar-refractivity contribution is 5.88. The van der Waals surface area contributed by atoms with Crippen molar-refractivity contribution in [3.05, 3.63) is 41.7 Å². The Morgan fingerprint density at radius 3 is 2.57 bits per heavy atom. The number of hydrogen-bond acceptors (Lipinski definition) is 8. The second kappa shape index (κ2) is 8.02. The van der Waals surface area contributed by atoms with Gasteiger partial charge in [-0.1, -0.05) is 6.07 Å². The fourth-order valence-corrected chi connectivity index (χ4v) is 3.50. The minimum absolute atomic E-state index is 0.281. The van der Waals surface area contributed by atoms with E-state index < -0.39 is 5.97 Å². The summed E-state index contributed by atoms with van der Waals surface area (Å²) in [6, 6.07) is 6.42. The zero-order valence-electron chi connectivity index (χ0n) is 16.1. The predicted molar refractivity (Wildman–Crippen MR) is 103 cm³/mol. The van der Waals surface area contributed by atoms with Crippen LogP contribution in [-0.2, 0) is 4.74 Å². The maximum atomic E-state index is 11.7. The first-order chi connectivity index (χ1) is 13.7. The molecule has 0 aliphatic carbocycles. The third-order valence-corrected chi connectivity index (χ3v) is 5.17. The molecule has 2 aliphatic heterocycles. The second-order valence-electron chi connectivity index (χ2n) is 6.80. The minimum Gasteiger partial charge on any atom is -0.462 e. The Balaban J connectivity index is 1.36. The molecule has 1 aromatic heterocycles. The lowest BCUT2D eigenvalue weighted by atomic mass is 10.1. The van der Waals surface area contributed by atoms with Gasteiger partial charge in [0, 0.05) is 44.6 Å². The van der Waals surface area contributed by atoms with Crippen molar-refractivity contribution in [2.75, 3.05) is 44.5 Å². The molecule has 0 radical (unpaired) electrons. The number of anilines is 1. The summed E-state index contributed by atoms with van der Waals surface area (Å²) in [5.41, 5.74) is 1.59. The molecule has 148 valence electrons. The molecule has 2 aromatic rings. The molecule has 4 rings (SSSR count). The smallest absolute Gasteiger partial charge is 0.341 e. The van der Waals surface area contributed by atoms with Crippen molar-refractivity contribution in [1.29, 1.82) is 0 Å². The van der Waals surface area contributed by atoms with E-state index in [0.29, 0.717) is 24.9 Å². The van der Waals surface area contributed by atoms with Gasteiger partial charge in [-0.2, -0.15) is 0 Å². The molecule has 0 spiro atoms. The average molecular weight is 384 g/mol. The van der Waals surface area contributed by atoms with Crippen LogP contribution in [0, 0.1) is 0 Å². The van der Waals surface area contributed by atoms with Crippen LogP contribution in [0.25, 0.3) is 0 Å². The fourth-order valence-electron chi connectivity index (χ4n) is 3.50. The number of piperazine rings is 1. The summed E-state index contributed by atoms with van der Waals surface area (Å²) in [6.45, 7) is 8.07. The third-order valence-electron chi connectivity index (χ3n) is 5.17. The van der Waals surface area contributed by atoms with Crippen molar-refractivity contribution in [2.24, 2.45) is 0 Å². The van der Waals surface area contributed by atoms with Crippen LogP contribution in [0.4, 0.5) is 5.95 Å². The Labute approximate surface area is 164 Å². The summed E-state index contributed by atoms with van der Waals surface area (Å²) in [6.07, 6.45) is 3.06. The largest absolute Gasteiger partial charge is 0.462 e. The number of fused-ring (bicyclic) bond motifs is 1. The predicted octanol–water partition coefficient (Wildman–Crippen LogP) is 2.27. The summed E-state index contributed by atoms with van der Waals surface area (Å²) < 4.78 is 15.9. The van der Waals surface area contributed by atoms with Crippen LogP contribution in [0.15, 0.2) is 30.6 Å². The van der Waals surface area contributed by atoms with E-state index in [1.54, 1.807) is 6.92 Å². The average Bonchev–Trinajstić information content (AvgIpc) is 3.21. The summed E-state index contributed by atoms with van der Waals surface area (Å²) in [5, 5.41) is 0. The van der Waals surface area contributed by atoms with Gasteiger partial charge in [0.15, 0.2) is 11.5 Å². The molecule has 0 bridgehead atoms. The van der Waals surface area contributed by atoms with E-state index in [4.69, 9.17) is 14.2 Å². The van der Waals surface area contributed by atoms with Crippen molar-refractivity contribution < 1.29 is 19.0 Å². The van der Waals surface area contributed by atoms with E-state index in [-0.39, 0.29) is 6.04 Å². The fraction of sp³-hybridized carbons (Fsp3) is 0.450. The first-order valence-corrected chi connectivity index (χ1v) is 9.53. The zero-order chi connectivity index (χ0) is 19.5. The topological polar surface area (TPSA) is 77.0 Å². The first kappa shape index (κ1) is 18.5. The summed E-state index contributed by atoms with van der Waals surface area (Å²) in [5.74, 6) is 1.88. The normalized spacial score (nSPS) is 17.4. The van der Waals surface area contributed by atoms with Gasteiger partial charge in [0.2, 0.25) is 12.7 Å². The van der Waals surface area contributed by atoms with Gasteiger partial charge < -0.3 is 19.1 Å². The molecule has 0 saturated carbocycles. The van der Waals surface area contributed by atoms with Gasteiger partial charge in [-0.3, -0.25) is 4.90 Å². The van der Waals surface area contributed by atoms with Gasteiger partial charge in [-0.05, 0) is 31.5 Å². The summed E-state index contributed by atoms with van der Waals surface area (Å²) in [7, 11) is 0. The Kier molecular flexibility index (Phi) is 5.29. The molecule has 2 aliphatic rings. The number of carbonyl (C=O) groups is 1. The molecule has 28 heavy (non-hydrogen) atoms. The molecule has 1 unspecified atom stereocenters. The van der Waals surface area contributed by atoms with E-state index in [9.17, 15) is 4.79 Å². The Morgan fingerprint density at radius 2 is 1.86 bits per heavy atom. The van der Waals surface area contributed by atoms with Crippen LogP contribution >= 0.6 is 0 Å². The quantitative estimate of drug-likeness (QED) is 0.727. The highest BCUT2D eigenvalue weighted by atomic mass is 16.7. The maximum Gasteiger partial charge on any atom is 0.341 e. The van der Waals surface area contributed by atoms with Crippen LogP contribution in [0.3, 0.4) is 0 Å². The van der Waals surface area contributed by atoms with Crippen molar-refractivity contribution in [3.8, 4) is 11.5 Å². The molecular formula is C20H24N4O4. The molecule has 1 atom stereocenters. The molecule has 1 saturated heterocycles. The van der Waals surface area contributed by atoms with Gasteiger partial charge in [0.25, 0.3) is 0 Å². The number of esters is 1. The summed E-state index contributed by atoms with van der Waals surface area (Å²) >= 11 is 0. The monoisotopic (exact) mass is 384 g/mol. The number of rotatable bonds is 5. The molecule has 8 nitrogen and oxygen atoms in total. The van der Waals surface area contributed by atoms with Crippen molar-refractivity contribution in [3.63, 3.8) is 0 Å². The molecular weight excluding hydrogens is 360 g/mol. The Hall–Kier alpha value is -2.87. The molecule has 8 heteroatoms. The third kappa shape index (κ3) is 3.73. The van der Waals surface area contributed by atoms with Crippen LogP contribution in [-0.4, -0.2) is 60.4 Å². The lowest BCUT2D eigenvalue weighted by Gasteiger charge is -2.38. The Morgan fingerprint density at radius 1 is 1.14 bits per heavy atom. The maximum absolute atomic E-state index is 11.7. The van der Waals surface area contributed by atoms with Gasteiger partial charge in [0.05, 0.1) is 12.2 Å². The second-order valence-corrected chi connectivity index (χ2v) is 6.80. The van der Waals surface area contributed by atoms with Crippen molar-refractivity contribution in [1.82, 2.24) is 14.9 Å². The molecule has 0 N–H and O–H groups in total. The SMILES string of the molecule is CCOC(=O)c1cnc(N2CCN(C(C)c3ccc4c(c3)OCO4)CC2)nc1. The summed E-state index contributed by atoms with van der Waals surface area (Å²) in [4.78, 5) is 25.0. The van der Waals surface area contributed by atoms with Crippen LogP contribution in [0.1, 0.15) is 35.8 Å². The van der Waals surface area contributed by atoms with Gasteiger partial charge >= 0.3 is 5.97 Å². The van der Waals surface area contributed by atoms with E-state index in [0.717, 1.165) is 37.7 Å². The van der Waals surface area contributed by atoms with Gasteiger partial charge in [-0.15, -0.1) is 0 Å². The van der Waals surface area contributed by atoms with Gasteiger partial charge in [-0.25, -0.2) is 14.8 Å². The molecule has 3 heterocycles. The van der Waals surface area contributed by atoms with Crippen LogP contribution < -0.4 is 14.4 Å². The number of ether oxygens (including phenoxy) is 3. The van der Waals surface area contributed by atoms with E-state index in [2.05, 4.69) is 38.8 Å². The number of benzene rings is 1.